The Morgan fingerprint density at radius 1 is 1.46 bits per heavy atom. The quantitative estimate of drug-likeness (QED) is 0.637. The summed E-state index contributed by atoms with van der Waals surface area (Å²) in [5, 5.41) is 0. The van der Waals surface area contributed by atoms with Gasteiger partial charge in [0.1, 0.15) is 0 Å². The highest BCUT2D eigenvalue weighted by atomic mass is 79.9. The molecule has 0 radical (unpaired) electrons. The Balaban J connectivity index is 2.50. The van der Waals surface area contributed by atoms with Gasteiger partial charge in [-0.25, -0.2) is 4.99 Å². The summed E-state index contributed by atoms with van der Waals surface area (Å²) in [4.78, 5) is 15.3. The zero-order valence-corrected chi connectivity index (χ0v) is 8.71. The smallest absolute Gasteiger partial charge is 0.266 e. The Morgan fingerprint density at radius 3 is 3.00 bits per heavy atom. The van der Waals surface area contributed by atoms with E-state index in [0.717, 1.165) is 11.3 Å². The number of hydrogen-bond acceptors (Lipinski definition) is 1. The van der Waals surface area contributed by atoms with E-state index in [1.54, 1.807) is 0 Å². The van der Waals surface area contributed by atoms with E-state index in [4.69, 9.17) is 0 Å². The molecular weight excluding hydrogens is 230 g/mol. The second kappa shape index (κ2) is 3.07. The highest BCUT2D eigenvalue weighted by molar-refractivity contribution is 9.12. The van der Waals surface area contributed by atoms with Gasteiger partial charge in [0, 0.05) is 5.92 Å². The highest BCUT2D eigenvalue weighted by Crippen LogP contribution is 2.29. The zero-order valence-electron chi connectivity index (χ0n) is 7.12. The number of dihydropyridines is 1. The standard InChI is InChI=1S/C10H8BrNO/c1-6-7-4-2-3-5-8(7)12-10(13)9(6)11/h2-5,7H,1H3. The van der Waals surface area contributed by atoms with E-state index in [1.165, 1.54) is 0 Å². The van der Waals surface area contributed by atoms with Crippen molar-refractivity contribution >= 4 is 27.5 Å². The summed E-state index contributed by atoms with van der Waals surface area (Å²) >= 11 is 3.25. The average Bonchev–Trinajstić information content (AvgIpc) is 2.15. The van der Waals surface area contributed by atoms with Gasteiger partial charge in [0.25, 0.3) is 5.91 Å². The molecule has 13 heavy (non-hydrogen) atoms. The third-order valence-corrected chi connectivity index (χ3v) is 3.20. The van der Waals surface area contributed by atoms with Gasteiger partial charge in [0.05, 0.1) is 10.2 Å². The van der Waals surface area contributed by atoms with Crippen LogP contribution in [0, 0.1) is 5.92 Å². The van der Waals surface area contributed by atoms with E-state index in [-0.39, 0.29) is 11.8 Å². The van der Waals surface area contributed by atoms with Crippen molar-refractivity contribution in [2.24, 2.45) is 10.9 Å². The Kier molecular flexibility index (Phi) is 2.04. The number of rotatable bonds is 0. The molecule has 0 aromatic heterocycles. The number of carbonyl (C=O) groups excluding carboxylic acids is 1. The van der Waals surface area contributed by atoms with Crippen LogP contribution in [0.1, 0.15) is 6.92 Å². The number of nitrogens with zero attached hydrogens (tertiary/aromatic N) is 1. The van der Waals surface area contributed by atoms with Gasteiger partial charge in [-0.3, -0.25) is 4.79 Å². The summed E-state index contributed by atoms with van der Waals surface area (Å²) in [5.41, 5.74) is 1.88. The molecule has 2 rings (SSSR count). The maximum absolute atomic E-state index is 11.3. The van der Waals surface area contributed by atoms with Crippen LogP contribution in [0.3, 0.4) is 0 Å². The second-order valence-electron chi connectivity index (χ2n) is 3.06. The molecule has 1 unspecified atom stereocenters. The lowest BCUT2D eigenvalue weighted by atomic mass is 9.89. The number of carbonyl (C=O) groups is 1. The minimum atomic E-state index is -0.177. The van der Waals surface area contributed by atoms with Crippen molar-refractivity contribution < 1.29 is 4.79 Å². The van der Waals surface area contributed by atoms with Crippen LogP contribution in [-0.2, 0) is 4.79 Å². The molecule has 0 saturated heterocycles. The zero-order chi connectivity index (χ0) is 9.42. The van der Waals surface area contributed by atoms with Crippen LogP contribution >= 0.6 is 15.9 Å². The maximum Gasteiger partial charge on any atom is 0.284 e. The monoisotopic (exact) mass is 237 g/mol. The van der Waals surface area contributed by atoms with Crippen LogP contribution in [0.4, 0.5) is 0 Å². The molecule has 0 fully saturated rings. The Morgan fingerprint density at radius 2 is 2.23 bits per heavy atom. The van der Waals surface area contributed by atoms with E-state index >= 15 is 0 Å². The average molecular weight is 238 g/mol. The van der Waals surface area contributed by atoms with Gasteiger partial charge in [0.2, 0.25) is 0 Å². The third-order valence-electron chi connectivity index (χ3n) is 2.23. The van der Waals surface area contributed by atoms with Gasteiger partial charge >= 0.3 is 0 Å². The maximum atomic E-state index is 11.3. The van der Waals surface area contributed by atoms with Gasteiger partial charge < -0.3 is 0 Å². The van der Waals surface area contributed by atoms with Gasteiger partial charge in [-0.05, 0) is 34.5 Å². The van der Waals surface area contributed by atoms with Crippen molar-refractivity contribution in [3.05, 3.63) is 34.4 Å². The van der Waals surface area contributed by atoms with Crippen LogP contribution in [0.5, 0.6) is 0 Å². The van der Waals surface area contributed by atoms with Crippen LogP contribution in [0.15, 0.2) is 39.4 Å². The molecule has 2 aliphatic rings. The van der Waals surface area contributed by atoms with E-state index in [2.05, 4.69) is 20.9 Å². The molecule has 0 N–H and O–H groups in total. The lowest BCUT2D eigenvalue weighted by Crippen LogP contribution is -2.21. The molecule has 0 bridgehead atoms. The van der Waals surface area contributed by atoms with E-state index in [9.17, 15) is 4.79 Å². The molecule has 1 aliphatic heterocycles. The number of fused-ring (bicyclic) bond motifs is 1. The minimum Gasteiger partial charge on any atom is -0.266 e. The normalized spacial score (nSPS) is 26.2. The van der Waals surface area contributed by atoms with Crippen molar-refractivity contribution in [1.29, 1.82) is 0 Å². The van der Waals surface area contributed by atoms with E-state index in [1.807, 2.05) is 31.2 Å². The summed E-state index contributed by atoms with van der Waals surface area (Å²) in [6.45, 7) is 1.95. The topological polar surface area (TPSA) is 29.4 Å². The number of amides is 1. The molecule has 66 valence electrons. The lowest BCUT2D eigenvalue weighted by molar-refractivity contribution is -0.113. The second-order valence-corrected chi connectivity index (χ2v) is 3.85. The summed E-state index contributed by atoms with van der Waals surface area (Å²) in [7, 11) is 0. The number of allylic oxidation sites excluding steroid dienone is 5. The molecule has 1 aliphatic carbocycles. The van der Waals surface area contributed by atoms with Crippen LogP contribution in [0.25, 0.3) is 0 Å². The Labute approximate surface area is 84.9 Å². The molecule has 0 spiro atoms. The van der Waals surface area contributed by atoms with Crippen molar-refractivity contribution in [1.82, 2.24) is 0 Å². The Hall–Kier alpha value is -0.960. The first kappa shape index (κ1) is 8.63. The fourth-order valence-electron chi connectivity index (χ4n) is 1.48. The molecule has 0 saturated carbocycles. The predicted molar refractivity (Wildman–Crippen MR) is 55.8 cm³/mol. The van der Waals surface area contributed by atoms with Gasteiger partial charge in [0.15, 0.2) is 0 Å². The van der Waals surface area contributed by atoms with Crippen LogP contribution in [0.2, 0.25) is 0 Å². The number of halogens is 1. The van der Waals surface area contributed by atoms with Gasteiger partial charge in [-0.1, -0.05) is 18.2 Å². The molecule has 1 atom stereocenters. The van der Waals surface area contributed by atoms with Crippen LogP contribution < -0.4 is 0 Å². The highest BCUT2D eigenvalue weighted by Gasteiger charge is 2.25. The van der Waals surface area contributed by atoms with Crippen molar-refractivity contribution in [3.8, 4) is 0 Å². The molecule has 3 heteroatoms. The number of aliphatic imine (C=N–C) groups is 1. The largest absolute Gasteiger partial charge is 0.284 e. The molecule has 1 amide bonds. The van der Waals surface area contributed by atoms with Crippen molar-refractivity contribution in [2.75, 3.05) is 0 Å². The summed E-state index contributed by atoms with van der Waals surface area (Å²) in [6, 6.07) is 0. The first-order chi connectivity index (χ1) is 6.20. The Bertz CT molecular complexity index is 386. The summed E-state index contributed by atoms with van der Waals surface area (Å²) in [5.74, 6) is 0.000718. The van der Waals surface area contributed by atoms with Crippen molar-refractivity contribution in [2.45, 2.75) is 6.92 Å². The molecule has 1 heterocycles. The van der Waals surface area contributed by atoms with Crippen LogP contribution in [-0.4, -0.2) is 11.6 Å². The lowest BCUT2D eigenvalue weighted by Gasteiger charge is -2.21. The fourth-order valence-corrected chi connectivity index (χ4v) is 1.81. The molecule has 2 nitrogen and oxygen atoms in total. The van der Waals surface area contributed by atoms with E-state index in [0.29, 0.717) is 4.48 Å². The molecule has 0 aromatic carbocycles. The molecule has 0 aromatic rings. The third kappa shape index (κ3) is 1.33. The predicted octanol–water partition coefficient (Wildman–Crippen LogP) is 2.38. The van der Waals surface area contributed by atoms with Crippen molar-refractivity contribution in [3.63, 3.8) is 0 Å². The first-order valence-corrected chi connectivity index (χ1v) is 4.83. The van der Waals surface area contributed by atoms with Gasteiger partial charge in [-0.15, -0.1) is 0 Å². The fraction of sp³-hybridized carbons (Fsp3) is 0.200. The van der Waals surface area contributed by atoms with E-state index < -0.39 is 0 Å². The summed E-state index contributed by atoms with van der Waals surface area (Å²) in [6.07, 6.45) is 7.80. The molecular formula is C10H8BrNO. The summed E-state index contributed by atoms with van der Waals surface area (Å²) < 4.78 is 0.598. The van der Waals surface area contributed by atoms with Gasteiger partial charge in [-0.2, -0.15) is 0 Å². The number of hydrogen-bond donors (Lipinski definition) is 0. The SMILES string of the molecule is CC1=C(Br)C(=O)N=C2C=CC=CC21. The minimum absolute atomic E-state index is 0.177. The first-order valence-electron chi connectivity index (χ1n) is 4.04.